The highest BCUT2D eigenvalue weighted by Gasteiger charge is 1.89. The van der Waals surface area contributed by atoms with E-state index in [9.17, 15) is 0 Å². The monoisotopic (exact) mass is 175 g/mol. The summed E-state index contributed by atoms with van der Waals surface area (Å²) in [5.41, 5.74) is 1.07. The summed E-state index contributed by atoms with van der Waals surface area (Å²) in [6.07, 6.45) is 5.45. The van der Waals surface area contributed by atoms with Crippen LogP contribution in [0.4, 0.5) is 0 Å². The highest BCUT2D eigenvalue weighted by Crippen LogP contribution is 2.09. The minimum absolute atomic E-state index is 0.864. The van der Waals surface area contributed by atoms with E-state index in [-0.39, 0.29) is 0 Å². The van der Waals surface area contributed by atoms with Crippen molar-refractivity contribution < 1.29 is 4.74 Å². The first kappa shape index (κ1) is 9.52. The van der Waals surface area contributed by atoms with Gasteiger partial charge >= 0.3 is 0 Å². The van der Waals surface area contributed by atoms with E-state index in [0.717, 1.165) is 11.3 Å². The van der Waals surface area contributed by atoms with Gasteiger partial charge in [0.2, 0.25) is 0 Å². The van der Waals surface area contributed by atoms with Gasteiger partial charge in [0, 0.05) is 12.4 Å². The summed E-state index contributed by atoms with van der Waals surface area (Å²) in [7, 11) is 1.66. The zero-order chi connectivity index (χ0) is 9.52. The van der Waals surface area contributed by atoms with Crippen LogP contribution in [0.2, 0.25) is 0 Å². The lowest BCUT2D eigenvalue weighted by molar-refractivity contribution is 0.415. The second-order valence-corrected chi connectivity index (χ2v) is 2.53. The highest BCUT2D eigenvalue weighted by atomic mass is 16.5. The van der Waals surface area contributed by atoms with Gasteiger partial charge in [-0.1, -0.05) is 6.08 Å². The molecule has 0 unspecified atom stereocenters. The third-order valence-electron chi connectivity index (χ3n) is 1.57. The molecule has 0 amide bonds. The maximum atomic E-state index is 5.04. The Morgan fingerprint density at radius 1 is 1.23 bits per heavy atom. The predicted molar refractivity (Wildman–Crippen MR) is 55.4 cm³/mol. The smallest absolute Gasteiger partial charge is 0.118 e. The van der Waals surface area contributed by atoms with Gasteiger partial charge in [-0.15, -0.1) is 0 Å². The van der Waals surface area contributed by atoms with E-state index < -0.39 is 0 Å². The van der Waals surface area contributed by atoms with Gasteiger partial charge in [-0.05, 0) is 36.8 Å². The number of methoxy groups -OCH3 is 1. The van der Waals surface area contributed by atoms with Gasteiger partial charge in [0.25, 0.3) is 0 Å². The van der Waals surface area contributed by atoms with Crippen molar-refractivity contribution in [2.24, 2.45) is 4.99 Å². The third kappa shape index (κ3) is 3.11. The van der Waals surface area contributed by atoms with Crippen molar-refractivity contribution in [2.45, 2.75) is 6.92 Å². The summed E-state index contributed by atoms with van der Waals surface area (Å²) >= 11 is 0. The van der Waals surface area contributed by atoms with E-state index in [4.69, 9.17) is 4.74 Å². The first-order valence-electron chi connectivity index (χ1n) is 4.15. The quantitative estimate of drug-likeness (QED) is 0.647. The van der Waals surface area contributed by atoms with Crippen LogP contribution in [-0.4, -0.2) is 13.3 Å². The molecule has 0 saturated carbocycles. The molecule has 2 nitrogen and oxygen atoms in total. The Morgan fingerprint density at radius 2 is 1.92 bits per heavy atom. The molecule has 0 aliphatic carbocycles. The Morgan fingerprint density at radius 3 is 2.46 bits per heavy atom. The molecule has 0 aliphatic heterocycles. The number of rotatable bonds is 3. The fraction of sp³-hybridized carbons (Fsp3) is 0.182. The first-order chi connectivity index (χ1) is 6.36. The van der Waals surface area contributed by atoms with Crippen molar-refractivity contribution in [3.05, 3.63) is 42.1 Å². The van der Waals surface area contributed by atoms with Gasteiger partial charge in [0.1, 0.15) is 5.75 Å². The SMILES string of the molecule is C/C=C\N=Cc1ccc(OC)cc1. The Hall–Kier alpha value is -1.57. The molecule has 0 aliphatic rings. The second-order valence-electron chi connectivity index (χ2n) is 2.53. The minimum atomic E-state index is 0.864. The average Bonchev–Trinajstić information content (AvgIpc) is 2.19. The predicted octanol–water partition coefficient (Wildman–Crippen LogP) is 2.65. The summed E-state index contributed by atoms with van der Waals surface area (Å²) in [6.45, 7) is 1.94. The van der Waals surface area contributed by atoms with E-state index >= 15 is 0 Å². The zero-order valence-corrected chi connectivity index (χ0v) is 7.90. The van der Waals surface area contributed by atoms with Crippen molar-refractivity contribution >= 4 is 6.21 Å². The van der Waals surface area contributed by atoms with Crippen molar-refractivity contribution in [1.82, 2.24) is 0 Å². The molecule has 0 atom stereocenters. The molecule has 1 aromatic carbocycles. The van der Waals surface area contributed by atoms with Gasteiger partial charge in [-0.25, -0.2) is 0 Å². The van der Waals surface area contributed by atoms with E-state index in [1.54, 1.807) is 19.5 Å². The topological polar surface area (TPSA) is 21.6 Å². The van der Waals surface area contributed by atoms with Gasteiger partial charge in [-0.3, -0.25) is 4.99 Å². The molecule has 0 aromatic heterocycles. The highest BCUT2D eigenvalue weighted by molar-refractivity contribution is 5.80. The summed E-state index contributed by atoms with van der Waals surface area (Å²) in [5, 5.41) is 0. The molecule has 68 valence electrons. The number of hydrogen-bond acceptors (Lipinski definition) is 2. The maximum Gasteiger partial charge on any atom is 0.118 e. The normalized spacial score (nSPS) is 11.2. The molecule has 0 spiro atoms. The van der Waals surface area contributed by atoms with Crippen LogP contribution in [-0.2, 0) is 0 Å². The molecule has 1 rings (SSSR count). The summed E-state index contributed by atoms with van der Waals surface area (Å²) in [5.74, 6) is 0.864. The Balaban J connectivity index is 2.69. The van der Waals surface area contributed by atoms with Crippen molar-refractivity contribution in [3.63, 3.8) is 0 Å². The molecule has 0 bridgehead atoms. The van der Waals surface area contributed by atoms with Crippen LogP contribution in [0, 0.1) is 0 Å². The van der Waals surface area contributed by atoms with Crippen LogP contribution in [0.3, 0.4) is 0 Å². The number of hydrogen-bond donors (Lipinski definition) is 0. The van der Waals surface area contributed by atoms with E-state index in [0.29, 0.717) is 0 Å². The second kappa shape index (κ2) is 5.14. The fourth-order valence-electron chi connectivity index (χ4n) is 0.905. The van der Waals surface area contributed by atoms with Crippen LogP contribution in [0.1, 0.15) is 12.5 Å². The van der Waals surface area contributed by atoms with E-state index in [1.807, 2.05) is 37.3 Å². The third-order valence-corrected chi connectivity index (χ3v) is 1.57. The lowest BCUT2D eigenvalue weighted by Gasteiger charge is -1.97. The van der Waals surface area contributed by atoms with Crippen LogP contribution in [0.5, 0.6) is 5.75 Å². The van der Waals surface area contributed by atoms with Crippen LogP contribution >= 0.6 is 0 Å². The summed E-state index contributed by atoms with van der Waals surface area (Å²) < 4.78 is 5.04. The molecule has 0 heterocycles. The van der Waals surface area contributed by atoms with Crippen molar-refractivity contribution in [2.75, 3.05) is 7.11 Å². The maximum absolute atomic E-state index is 5.04. The van der Waals surface area contributed by atoms with Crippen LogP contribution < -0.4 is 4.74 Å². The van der Waals surface area contributed by atoms with Crippen molar-refractivity contribution in [1.29, 1.82) is 0 Å². The summed E-state index contributed by atoms with van der Waals surface area (Å²) in [6, 6.07) is 7.76. The Labute approximate surface area is 78.6 Å². The standard InChI is InChI=1S/C11H13NO/c1-3-8-12-9-10-4-6-11(13-2)7-5-10/h3-9H,1-2H3/b8-3-,12-9?. The zero-order valence-electron chi connectivity index (χ0n) is 7.90. The molecule has 2 heteroatoms. The number of allylic oxidation sites excluding steroid dienone is 1. The van der Waals surface area contributed by atoms with Gasteiger partial charge in [0.05, 0.1) is 7.11 Å². The molecule has 0 fully saturated rings. The minimum Gasteiger partial charge on any atom is -0.497 e. The summed E-state index contributed by atoms with van der Waals surface area (Å²) in [4.78, 5) is 4.07. The van der Waals surface area contributed by atoms with Gasteiger partial charge in [-0.2, -0.15) is 0 Å². The fourth-order valence-corrected chi connectivity index (χ4v) is 0.905. The number of aliphatic imine (C=N–C) groups is 1. The lowest BCUT2D eigenvalue weighted by atomic mass is 10.2. The molecule has 0 saturated heterocycles. The van der Waals surface area contributed by atoms with Crippen LogP contribution in [0.25, 0.3) is 0 Å². The van der Waals surface area contributed by atoms with Gasteiger partial charge in [0.15, 0.2) is 0 Å². The van der Waals surface area contributed by atoms with Crippen molar-refractivity contribution in [3.8, 4) is 5.75 Å². The van der Waals surface area contributed by atoms with Crippen LogP contribution in [0.15, 0.2) is 41.5 Å². The average molecular weight is 175 g/mol. The largest absolute Gasteiger partial charge is 0.497 e. The van der Waals surface area contributed by atoms with Gasteiger partial charge < -0.3 is 4.74 Å². The Kier molecular flexibility index (Phi) is 3.76. The number of benzene rings is 1. The number of nitrogens with zero attached hydrogens (tertiary/aromatic N) is 1. The molecular weight excluding hydrogens is 162 g/mol. The molecule has 0 radical (unpaired) electrons. The Bertz CT molecular complexity index is 298. The first-order valence-corrected chi connectivity index (χ1v) is 4.15. The van der Waals surface area contributed by atoms with E-state index in [2.05, 4.69) is 4.99 Å². The molecular formula is C11H13NO. The molecule has 0 N–H and O–H groups in total. The lowest BCUT2D eigenvalue weighted by Crippen LogP contribution is -1.83. The number of ether oxygens (including phenoxy) is 1. The van der Waals surface area contributed by atoms with E-state index in [1.165, 1.54) is 0 Å². The molecule has 1 aromatic rings. The molecule has 13 heavy (non-hydrogen) atoms.